The number of benzene rings is 1. The van der Waals surface area contributed by atoms with Crippen LogP contribution in [-0.2, 0) is 4.79 Å². The van der Waals surface area contributed by atoms with Gasteiger partial charge in [0.25, 0.3) is 0 Å². The number of carbonyl (C=O) groups excluding carboxylic acids is 2. The van der Waals surface area contributed by atoms with Crippen LogP contribution >= 0.6 is 11.3 Å². The molecule has 3 N–H and O–H groups in total. The smallest absolute Gasteiger partial charge is 0.321 e. The number of nitrogens with zero attached hydrogens (tertiary/aromatic N) is 4. The number of aliphatic hydroxyl groups excluding tert-OH is 1. The summed E-state index contributed by atoms with van der Waals surface area (Å²) in [6, 6.07) is 7.76. The molecule has 1 fully saturated rings. The fraction of sp³-hybridized carbons (Fsp3) is 0.300. The number of nitriles is 1. The third-order valence-electron chi connectivity index (χ3n) is 4.61. The highest BCUT2D eigenvalue weighted by molar-refractivity contribution is 7.10. The number of hydrogen-bond acceptors (Lipinski definition) is 7. The molecular weight excluding hydrogens is 404 g/mol. The van der Waals surface area contributed by atoms with Gasteiger partial charge in [0.05, 0.1) is 17.9 Å². The maximum absolute atomic E-state index is 12.7. The molecule has 3 rings (SSSR count). The predicted octanol–water partition coefficient (Wildman–Crippen LogP) is 0.827. The van der Waals surface area contributed by atoms with Crippen LogP contribution in [0.2, 0.25) is 0 Å². The highest BCUT2D eigenvalue weighted by Crippen LogP contribution is 2.21. The second-order valence-electron chi connectivity index (χ2n) is 6.46. The fourth-order valence-corrected chi connectivity index (χ4v) is 3.68. The molecule has 154 valence electrons. The van der Waals surface area contributed by atoms with E-state index < -0.39 is 18.7 Å². The van der Waals surface area contributed by atoms with Crippen molar-refractivity contribution in [2.75, 3.05) is 43.0 Å². The summed E-state index contributed by atoms with van der Waals surface area (Å²) in [5.41, 5.74) is 1.41. The molecule has 0 spiro atoms. The first-order valence-corrected chi connectivity index (χ1v) is 10.1. The summed E-state index contributed by atoms with van der Waals surface area (Å²) in [6.07, 6.45) is 5.25. The van der Waals surface area contributed by atoms with Crippen LogP contribution in [0.1, 0.15) is 10.6 Å². The monoisotopic (exact) mass is 424 g/mol. The molecule has 0 radical (unpaired) electrons. The molecule has 1 saturated heterocycles. The lowest BCUT2D eigenvalue weighted by molar-refractivity contribution is -0.134. The van der Waals surface area contributed by atoms with Gasteiger partial charge in [-0.15, -0.1) is 17.8 Å². The van der Waals surface area contributed by atoms with E-state index in [2.05, 4.69) is 27.6 Å². The second-order valence-corrected chi connectivity index (χ2v) is 7.32. The normalized spacial score (nSPS) is 14.4. The number of para-hydroxylation sites is 1. The molecule has 2 heterocycles. The van der Waals surface area contributed by atoms with Crippen LogP contribution in [-0.4, -0.2) is 65.8 Å². The third-order valence-corrected chi connectivity index (χ3v) is 5.39. The minimum Gasteiger partial charge on any atom is -0.394 e. The van der Waals surface area contributed by atoms with Crippen molar-refractivity contribution in [3.05, 3.63) is 40.2 Å². The van der Waals surface area contributed by atoms with E-state index in [1.54, 1.807) is 16.3 Å². The van der Waals surface area contributed by atoms with Gasteiger partial charge in [-0.25, -0.2) is 9.78 Å². The zero-order valence-corrected chi connectivity index (χ0v) is 16.9. The zero-order chi connectivity index (χ0) is 21.5. The van der Waals surface area contributed by atoms with Gasteiger partial charge in [-0.3, -0.25) is 10.1 Å². The standard InChI is InChI=1S/C20H20N6O3S/c1-2-18-23-17(13-30-18)24-20(29)22-15(12-27)19(28)26-9-7-25(8-10-26)16-6-4-3-5-14(16)11-21/h1,3-6,13,15,27H,7-10,12H2,(H2,22,24,29)/t15-/m0/s1. The number of terminal acetylenes is 1. The largest absolute Gasteiger partial charge is 0.394 e. The summed E-state index contributed by atoms with van der Waals surface area (Å²) in [5, 5.41) is 25.8. The van der Waals surface area contributed by atoms with E-state index in [9.17, 15) is 20.0 Å². The van der Waals surface area contributed by atoms with Crippen LogP contribution in [0.5, 0.6) is 0 Å². The Balaban J connectivity index is 1.55. The highest BCUT2D eigenvalue weighted by atomic mass is 32.1. The Hall–Kier alpha value is -3.60. The Morgan fingerprint density at radius 1 is 1.30 bits per heavy atom. The molecule has 0 aliphatic carbocycles. The third kappa shape index (κ3) is 4.87. The van der Waals surface area contributed by atoms with Crippen molar-refractivity contribution in [1.29, 1.82) is 5.26 Å². The Kier molecular flexibility index (Phi) is 6.86. The van der Waals surface area contributed by atoms with Gasteiger partial charge in [0, 0.05) is 31.6 Å². The van der Waals surface area contributed by atoms with E-state index in [1.165, 1.54) is 11.3 Å². The van der Waals surface area contributed by atoms with Gasteiger partial charge in [0.1, 0.15) is 17.9 Å². The van der Waals surface area contributed by atoms with Crippen LogP contribution in [0.15, 0.2) is 29.6 Å². The maximum Gasteiger partial charge on any atom is 0.321 e. The Morgan fingerprint density at radius 2 is 2.03 bits per heavy atom. The molecule has 1 aromatic heterocycles. The molecule has 1 aliphatic heterocycles. The molecule has 30 heavy (non-hydrogen) atoms. The van der Waals surface area contributed by atoms with E-state index in [4.69, 9.17) is 6.42 Å². The van der Waals surface area contributed by atoms with E-state index in [0.29, 0.717) is 36.8 Å². The molecular formula is C20H20N6O3S. The zero-order valence-electron chi connectivity index (χ0n) is 16.0. The van der Waals surface area contributed by atoms with Crippen LogP contribution in [0.4, 0.5) is 16.3 Å². The van der Waals surface area contributed by atoms with Gasteiger partial charge in [-0.05, 0) is 18.1 Å². The van der Waals surface area contributed by atoms with Gasteiger partial charge in [-0.2, -0.15) is 5.26 Å². The van der Waals surface area contributed by atoms with Crippen LogP contribution in [0.3, 0.4) is 0 Å². The number of nitrogens with one attached hydrogen (secondary N) is 2. The number of hydrogen-bond donors (Lipinski definition) is 3. The topological polar surface area (TPSA) is 122 Å². The predicted molar refractivity (Wildman–Crippen MR) is 113 cm³/mol. The highest BCUT2D eigenvalue weighted by Gasteiger charge is 2.29. The number of aliphatic hydroxyl groups is 1. The van der Waals surface area contributed by atoms with Crippen molar-refractivity contribution in [2.45, 2.75) is 6.04 Å². The number of piperazine rings is 1. The molecule has 1 aromatic carbocycles. The first kappa shape index (κ1) is 21.1. The van der Waals surface area contributed by atoms with Gasteiger partial charge in [-0.1, -0.05) is 12.1 Å². The van der Waals surface area contributed by atoms with Crippen molar-refractivity contribution < 1.29 is 14.7 Å². The molecule has 9 nitrogen and oxygen atoms in total. The van der Waals surface area contributed by atoms with Crippen molar-refractivity contribution in [2.24, 2.45) is 0 Å². The lowest BCUT2D eigenvalue weighted by atomic mass is 10.1. The van der Waals surface area contributed by atoms with Gasteiger partial charge >= 0.3 is 6.03 Å². The first-order chi connectivity index (χ1) is 14.5. The van der Waals surface area contributed by atoms with Crippen molar-refractivity contribution in [3.8, 4) is 18.4 Å². The van der Waals surface area contributed by atoms with Gasteiger partial charge < -0.3 is 20.2 Å². The van der Waals surface area contributed by atoms with Gasteiger partial charge in [0.15, 0.2) is 5.01 Å². The number of carbonyl (C=O) groups is 2. The number of rotatable bonds is 5. The minimum absolute atomic E-state index is 0.277. The lowest BCUT2D eigenvalue weighted by Crippen LogP contribution is -2.56. The van der Waals surface area contributed by atoms with E-state index >= 15 is 0 Å². The van der Waals surface area contributed by atoms with Crippen molar-refractivity contribution >= 4 is 34.8 Å². The molecule has 1 atom stereocenters. The van der Waals surface area contributed by atoms with Crippen molar-refractivity contribution in [1.82, 2.24) is 15.2 Å². The molecule has 0 unspecified atom stereocenters. The maximum atomic E-state index is 12.7. The number of urea groups is 1. The quantitative estimate of drug-likeness (QED) is 0.611. The number of amides is 3. The van der Waals surface area contributed by atoms with Crippen molar-refractivity contribution in [3.63, 3.8) is 0 Å². The lowest BCUT2D eigenvalue weighted by Gasteiger charge is -2.37. The van der Waals surface area contributed by atoms with E-state index in [-0.39, 0.29) is 11.7 Å². The molecule has 1 aliphatic rings. The Morgan fingerprint density at radius 3 is 2.67 bits per heavy atom. The SMILES string of the molecule is C#Cc1nc(NC(=O)N[C@@H](CO)C(=O)N2CCN(c3ccccc3C#N)CC2)cs1. The van der Waals surface area contributed by atoms with Gasteiger partial charge in [0.2, 0.25) is 5.91 Å². The van der Waals surface area contributed by atoms with Crippen LogP contribution < -0.4 is 15.5 Å². The molecule has 0 bridgehead atoms. The average Bonchev–Trinajstić information content (AvgIpc) is 3.24. The number of aromatic nitrogens is 1. The molecule has 10 heteroatoms. The molecule has 3 amide bonds. The second kappa shape index (κ2) is 9.74. The fourth-order valence-electron chi connectivity index (χ4n) is 3.13. The molecule has 0 saturated carbocycles. The Labute approximate surface area is 177 Å². The summed E-state index contributed by atoms with van der Waals surface area (Å²) in [4.78, 5) is 32.5. The number of thiazole rings is 1. The summed E-state index contributed by atoms with van der Waals surface area (Å²) in [6.45, 7) is 1.38. The van der Waals surface area contributed by atoms with E-state index in [0.717, 1.165) is 5.69 Å². The van der Waals surface area contributed by atoms with Crippen LogP contribution in [0, 0.1) is 23.7 Å². The van der Waals surface area contributed by atoms with Crippen LogP contribution in [0.25, 0.3) is 0 Å². The summed E-state index contributed by atoms with van der Waals surface area (Å²) in [7, 11) is 0. The number of anilines is 2. The summed E-state index contributed by atoms with van der Waals surface area (Å²) in [5.74, 6) is 2.27. The van der Waals surface area contributed by atoms with E-state index in [1.807, 2.05) is 23.1 Å². The first-order valence-electron chi connectivity index (χ1n) is 9.19. The Bertz CT molecular complexity index is 1000. The summed E-state index contributed by atoms with van der Waals surface area (Å²) < 4.78 is 0. The summed E-state index contributed by atoms with van der Waals surface area (Å²) >= 11 is 1.21. The minimum atomic E-state index is -1.08. The average molecular weight is 424 g/mol. The molecule has 2 aromatic rings.